The van der Waals surface area contributed by atoms with E-state index < -0.39 is 0 Å². The molecule has 0 radical (unpaired) electrons. The van der Waals surface area contributed by atoms with Crippen LogP contribution < -0.4 is 10.1 Å². The van der Waals surface area contributed by atoms with Gasteiger partial charge in [0.15, 0.2) is 0 Å². The first-order valence-electron chi connectivity index (χ1n) is 7.40. The topological polar surface area (TPSA) is 77.2 Å². The maximum absolute atomic E-state index is 5.89. The number of hydrogen-bond acceptors (Lipinski definition) is 7. The second-order valence-corrected chi connectivity index (χ2v) is 6.41. The number of aromatic nitrogens is 5. The van der Waals surface area contributed by atoms with Crippen LogP contribution >= 0.6 is 22.9 Å². The summed E-state index contributed by atoms with van der Waals surface area (Å²) in [5, 5.41) is 9.77. The minimum absolute atomic E-state index is 0.179. The summed E-state index contributed by atoms with van der Waals surface area (Å²) in [7, 11) is 1.65. The van der Waals surface area contributed by atoms with E-state index in [1.807, 2.05) is 36.6 Å². The van der Waals surface area contributed by atoms with Gasteiger partial charge >= 0.3 is 0 Å². The van der Waals surface area contributed by atoms with E-state index in [1.54, 1.807) is 17.7 Å². The van der Waals surface area contributed by atoms with E-state index in [9.17, 15) is 0 Å². The molecule has 126 valence electrons. The minimum Gasteiger partial charge on any atom is -0.496 e. The molecule has 0 spiro atoms. The van der Waals surface area contributed by atoms with Crippen LogP contribution in [-0.2, 0) is 0 Å². The van der Waals surface area contributed by atoms with Crippen LogP contribution in [0.5, 0.6) is 5.75 Å². The van der Waals surface area contributed by atoms with Crippen LogP contribution in [0.1, 0.15) is 5.69 Å². The highest BCUT2D eigenvalue weighted by Gasteiger charge is 2.15. The summed E-state index contributed by atoms with van der Waals surface area (Å²) in [6, 6.07) is 9.58. The van der Waals surface area contributed by atoms with E-state index in [0.29, 0.717) is 11.8 Å². The van der Waals surface area contributed by atoms with Crippen molar-refractivity contribution < 1.29 is 4.74 Å². The molecule has 0 atom stereocenters. The van der Waals surface area contributed by atoms with Crippen molar-refractivity contribution in [2.24, 2.45) is 0 Å². The Hall–Kier alpha value is -2.71. The number of ether oxygens (including phenoxy) is 1. The van der Waals surface area contributed by atoms with Gasteiger partial charge in [-0.15, -0.1) is 16.4 Å². The molecule has 4 aromatic rings. The third-order valence-electron chi connectivity index (χ3n) is 3.53. The normalized spacial score (nSPS) is 11.0. The van der Waals surface area contributed by atoms with Gasteiger partial charge in [-0.3, -0.25) is 0 Å². The minimum atomic E-state index is 0.179. The molecule has 9 heteroatoms. The Labute approximate surface area is 152 Å². The van der Waals surface area contributed by atoms with Crippen LogP contribution in [0, 0.1) is 6.92 Å². The van der Waals surface area contributed by atoms with Crippen molar-refractivity contribution in [3.05, 3.63) is 46.7 Å². The standard InChI is InChI=1S/C16H13ClN6OS/c1-9-7-13(19-14(17)18-9)20-15-21-16-23(22-15)11(8-25-16)10-5-3-4-6-12(10)24-2/h3-8H,1-2H3,(H,18,19,20,22). The van der Waals surface area contributed by atoms with Gasteiger partial charge in [0.2, 0.25) is 16.2 Å². The first kappa shape index (κ1) is 15.8. The highest BCUT2D eigenvalue weighted by molar-refractivity contribution is 7.15. The van der Waals surface area contributed by atoms with Gasteiger partial charge in [-0.25, -0.2) is 14.5 Å². The van der Waals surface area contributed by atoms with Gasteiger partial charge < -0.3 is 10.1 Å². The molecular formula is C16H13ClN6OS. The second kappa shape index (κ2) is 6.30. The third kappa shape index (κ3) is 3.01. The van der Waals surface area contributed by atoms with Crippen molar-refractivity contribution >= 4 is 39.7 Å². The van der Waals surface area contributed by atoms with Crippen molar-refractivity contribution in [2.45, 2.75) is 6.92 Å². The molecule has 0 aliphatic rings. The number of benzene rings is 1. The predicted molar refractivity (Wildman–Crippen MR) is 97.9 cm³/mol. The fourth-order valence-electron chi connectivity index (χ4n) is 2.49. The third-order valence-corrected chi connectivity index (χ3v) is 4.52. The second-order valence-electron chi connectivity index (χ2n) is 5.24. The van der Waals surface area contributed by atoms with Crippen LogP contribution in [0.3, 0.4) is 0 Å². The summed E-state index contributed by atoms with van der Waals surface area (Å²) in [4.78, 5) is 13.4. The zero-order valence-corrected chi connectivity index (χ0v) is 15.0. The number of aryl methyl sites for hydroxylation is 1. The lowest BCUT2D eigenvalue weighted by Gasteiger charge is -2.06. The molecule has 0 fully saturated rings. The monoisotopic (exact) mass is 372 g/mol. The Bertz CT molecular complexity index is 1040. The molecule has 0 aliphatic heterocycles. The van der Waals surface area contributed by atoms with Crippen molar-refractivity contribution in [2.75, 3.05) is 12.4 Å². The number of rotatable bonds is 4. The van der Waals surface area contributed by atoms with Gasteiger partial charge in [-0.1, -0.05) is 12.1 Å². The van der Waals surface area contributed by atoms with E-state index in [4.69, 9.17) is 16.3 Å². The summed E-state index contributed by atoms with van der Waals surface area (Å²) in [5.41, 5.74) is 2.63. The van der Waals surface area contributed by atoms with E-state index in [2.05, 4.69) is 25.4 Å². The fourth-order valence-corrected chi connectivity index (χ4v) is 3.53. The van der Waals surface area contributed by atoms with Crippen molar-refractivity contribution in [1.29, 1.82) is 0 Å². The average molecular weight is 373 g/mol. The lowest BCUT2D eigenvalue weighted by Crippen LogP contribution is -1.99. The van der Waals surface area contributed by atoms with Gasteiger partial charge in [0.05, 0.1) is 12.8 Å². The van der Waals surface area contributed by atoms with Crippen molar-refractivity contribution in [3.8, 4) is 17.0 Å². The van der Waals surface area contributed by atoms with Crippen LogP contribution in [0.25, 0.3) is 16.2 Å². The molecule has 0 unspecified atom stereocenters. The summed E-state index contributed by atoms with van der Waals surface area (Å²) < 4.78 is 7.22. The largest absolute Gasteiger partial charge is 0.496 e. The number of hydrogen-bond donors (Lipinski definition) is 1. The molecule has 0 aliphatic carbocycles. The number of fused-ring (bicyclic) bond motifs is 1. The Morgan fingerprint density at radius 2 is 2.04 bits per heavy atom. The summed E-state index contributed by atoms with van der Waals surface area (Å²) >= 11 is 7.39. The number of halogens is 1. The Kier molecular flexibility index (Phi) is 3.98. The average Bonchev–Trinajstić information content (AvgIpc) is 3.13. The van der Waals surface area contributed by atoms with Crippen LogP contribution in [0.4, 0.5) is 11.8 Å². The Morgan fingerprint density at radius 1 is 1.20 bits per heavy atom. The molecule has 0 saturated heterocycles. The number of anilines is 2. The fraction of sp³-hybridized carbons (Fsp3) is 0.125. The number of nitrogens with zero attached hydrogens (tertiary/aromatic N) is 5. The SMILES string of the molecule is COc1ccccc1-c1csc2nc(Nc3cc(C)nc(Cl)n3)nn12. The highest BCUT2D eigenvalue weighted by Crippen LogP contribution is 2.32. The molecule has 3 heterocycles. The predicted octanol–water partition coefficient (Wildman–Crippen LogP) is 3.96. The van der Waals surface area contributed by atoms with Gasteiger partial charge in [0.25, 0.3) is 0 Å². The van der Waals surface area contributed by atoms with E-state index in [-0.39, 0.29) is 5.28 Å². The molecule has 3 aromatic heterocycles. The Morgan fingerprint density at radius 3 is 2.84 bits per heavy atom. The van der Waals surface area contributed by atoms with Crippen molar-refractivity contribution in [1.82, 2.24) is 24.6 Å². The molecule has 1 N–H and O–H groups in total. The maximum atomic E-state index is 5.89. The van der Waals surface area contributed by atoms with Crippen LogP contribution in [0.15, 0.2) is 35.7 Å². The number of thiazole rings is 1. The molecular weight excluding hydrogens is 360 g/mol. The number of nitrogens with one attached hydrogen (secondary N) is 1. The van der Waals surface area contributed by atoms with E-state index >= 15 is 0 Å². The zero-order chi connectivity index (χ0) is 17.4. The smallest absolute Gasteiger partial charge is 0.249 e. The molecule has 25 heavy (non-hydrogen) atoms. The lowest BCUT2D eigenvalue weighted by molar-refractivity contribution is 0.416. The van der Waals surface area contributed by atoms with Gasteiger partial charge in [0.1, 0.15) is 11.6 Å². The van der Waals surface area contributed by atoms with Gasteiger partial charge in [0, 0.05) is 22.7 Å². The van der Waals surface area contributed by atoms with Crippen molar-refractivity contribution in [3.63, 3.8) is 0 Å². The molecule has 0 saturated carbocycles. The number of methoxy groups -OCH3 is 1. The first-order chi connectivity index (χ1) is 12.1. The molecule has 4 rings (SSSR count). The first-order valence-corrected chi connectivity index (χ1v) is 8.65. The van der Waals surface area contributed by atoms with E-state index in [1.165, 1.54) is 11.3 Å². The Balaban J connectivity index is 1.73. The molecule has 0 amide bonds. The summed E-state index contributed by atoms with van der Waals surface area (Å²) in [5.74, 6) is 1.78. The lowest BCUT2D eigenvalue weighted by atomic mass is 10.1. The maximum Gasteiger partial charge on any atom is 0.249 e. The highest BCUT2D eigenvalue weighted by atomic mass is 35.5. The molecule has 7 nitrogen and oxygen atoms in total. The quantitative estimate of drug-likeness (QED) is 0.546. The van der Waals surface area contributed by atoms with Gasteiger partial charge in [-0.05, 0) is 30.7 Å². The molecule has 1 aromatic carbocycles. The molecule has 0 bridgehead atoms. The zero-order valence-electron chi connectivity index (χ0n) is 13.4. The van der Waals surface area contributed by atoms with Crippen LogP contribution in [0.2, 0.25) is 5.28 Å². The summed E-state index contributed by atoms with van der Waals surface area (Å²) in [6.07, 6.45) is 0. The summed E-state index contributed by atoms with van der Waals surface area (Å²) in [6.45, 7) is 1.84. The van der Waals surface area contributed by atoms with Crippen LogP contribution in [-0.4, -0.2) is 31.7 Å². The van der Waals surface area contributed by atoms with E-state index in [0.717, 1.165) is 27.7 Å². The number of para-hydroxylation sites is 1. The van der Waals surface area contributed by atoms with Gasteiger partial charge in [-0.2, -0.15) is 4.98 Å².